The van der Waals surface area contributed by atoms with Gasteiger partial charge >= 0.3 is 0 Å². The van der Waals surface area contributed by atoms with Crippen LogP contribution in [0.3, 0.4) is 0 Å². The summed E-state index contributed by atoms with van der Waals surface area (Å²) in [6.45, 7) is 3.10. The zero-order chi connectivity index (χ0) is 16.8. The second kappa shape index (κ2) is 8.41. The molecule has 1 unspecified atom stereocenters. The molecule has 1 aliphatic heterocycles. The Morgan fingerprint density at radius 1 is 1.09 bits per heavy atom. The first-order valence-electron chi connectivity index (χ1n) is 8.27. The normalized spacial score (nSPS) is 19.0. The van der Waals surface area contributed by atoms with Crippen LogP contribution in [-0.2, 0) is 6.54 Å². The lowest BCUT2D eigenvalue weighted by Gasteiger charge is -2.35. The molecular formula is C18H30N2O3. The molecule has 0 amide bonds. The maximum atomic E-state index is 5.58. The van der Waals surface area contributed by atoms with Gasteiger partial charge in [0, 0.05) is 24.7 Å². The van der Waals surface area contributed by atoms with Crippen LogP contribution in [0.25, 0.3) is 0 Å². The van der Waals surface area contributed by atoms with Crippen LogP contribution in [0.1, 0.15) is 24.8 Å². The molecule has 0 aromatic heterocycles. The van der Waals surface area contributed by atoms with Gasteiger partial charge in [0.1, 0.15) is 0 Å². The lowest BCUT2D eigenvalue weighted by molar-refractivity contribution is 0.138. The van der Waals surface area contributed by atoms with Gasteiger partial charge in [-0.15, -0.1) is 0 Å². The SMILES string of the molecule is COc1ccc(CN(C)CC2CCCCN2C)c(OC)c1OC. The van der Waals surface area contributed by atoms with Gasteiger partial charge in [0.15, 0.2) is 11.5 Å². The highest BCUT2D eigenvalue weighted by atomic mass is 16.5. The Balaban J connectivity index is 2.09. The fraction of sp³-hybridized carbons (Fsp3) is 0.667. The van der Waals surface area contributed by atoms with Crippen molar-refractivity contribution in [1.82, 2.24) is 9.80 Å². The summed E-state index contributed by atoms with van der Waals surface area (Å²) in [4.78, 5) is 4.84. The van der Waals surface area contributed by atoms with E-state index in [1.807, 2.05) is 6.07 Å². The molecule has 5 heteroatoms. The Kier molecular flexibility index (Phi) is 6.54. The predicted octanol–water partition coefficient (Wildman–Crippen LogP) is 2.63. The minimum absolute atomic E-state index is 0.639. The van der Waals surface area contributed by atoms with Crippen LogP contribution in [0.15, 0.2) is 12.1 Å². The fourth-order valence-corrected chi connectivity index (χ4v) is 3.38. The Labute approximate surface area is 140 Å². The maximum Gasteiger partial charge on any atom is 0.203 e. The number of likely N-dealkylation sites (N-methyl/N-ethyl adjacent to an activating group) is 2. The van der Waals surface area contributed by atoms with Crippen LogP contribution in [0, 0.1) is 0 Å². The quantitative estimate of drug-likeness (QED) is 0.771. The minimum Gasteiger partial charge on any atom is -0.493 e. The van der Waals surface area contributed by atoms with E-state index in [1.165, 1.54) is 25.8 Å². The second-order valence-corrected chi connectivity index (χ2v) is 6.32. The molecule has 5 nitrogen and oxygen atoms in total. The summed E-state index contributed by atoms with van der Waals surface area (Å²) in [5.41, 5.74) is 1.12. The summed E-state index contributed by atoms with van der Waals surface area (Å²) in [5.74, 6) is 2.12. The Morgan fingerprint density at radius 3 is 2.43 bits per heavy atom. The van der Waals surface area contributed by atoms with E-state index in [9.17, 15) is 0 Å². The number of rotatable bonds is 7. The summed E-state index contributed by atoms with van der Waals surface area (Å²) >= 11 is 0. The third-order valence-corrected chi connectivity index (χ3v) is 4.67. The molecule has 23 heavy (non-hydrogen) atoms. The van der Waals surface area contributed by atoms with E-state index in [-0.39, 0.29) is 0 Å². The number of piperidine rings is 1. The first-order chi connectivity index (χ1) is 11.1. The third kappa shape index (κ3) is 4.30. The van der Waals surface area contributed by atoms with Crippen molar-refractivity contribution in [2.45, 2.75) is 31.8 Å². The highest BCUT2D eigenvalue weighted by Gasteiger charge is 2.22. The molecule has 0 spiro atoms. The molecule has 1 heterocycles. The monoisotopic (exact) mass is 322 g/mol. The van der Waals surface area contributed by atoms with Gasteiger partial charge in [-0.25, -0.2) is 0 Å². The third-order valence-electron chi connectivity index (χ3n) is 4.67. The van der Waals surface area contributed by atoms with Gasteiger partial charge < -0.3 is 24.0 Å². The average molecular weight is 322 g/mol. The Bertz CT molecular complexity index is 507. The van der Waals surface area contributed by atoms with Crippen LogP contribution in [0.4, 0.5) is 0 Å². The van der Waals surface area contributed by atoms with Gasteiger partial charge in [-0.05, 0) is 39.5 Å². The van der Waals surface area contributed by atoms with E-state index in [1.54, 1.807) is 21.3 Å². The van der Waals surface area contributed by atoms with Crippen molar-refractivity contribution in [2.75, 3.05) is 48.5 Å². The van der Waals surface area contributed by atoms with Crippen molar-refractivity contribution in [2.24, 2.45) is 0 Å². The molecule has 1 fully saturated rings. The van der Waals surface area contributed by atoms with Crippen molar-refractivity contribution in [3.05, 3.63) is 17.7 Å². The summed E-state index contributed by atoms with van der Waals surface area (Å²) in [6, 6.07) is 4.64. The zero-order valence-electron chi connectivity index (χ0n) is 15.1. The molecule has 130 valence electrons. The number of hydrogen-bond acceptors (Lipinski definition) is 5. The van der Waals surface area contributed by atoms with Crippen LogP contribution in [-0.4, -0.2) is 64.4 Å². The van der Waals surface area contributed by atoms with Crippen molar-refractivity contribution >= 4 is 0 Å². The van der Waals surface area contributed by atoms with Gasteiger partial charge in [0.2, 0.25) is 5.75 Å². The lowest BCUT2D eigenvalue weighted by Crippen LogP contribution is -2.43. The topological polar surface area (TPSA) is 34.2 Å². The summed E-state index contributed by atoms with van der Waals surface area (Å²) in [5, 5.41) is 0. The number of nitrogens with zero attached hydrogens (tertiary/aromatic N) is 2. The molecule has 1 aromatic carbocycles. The molecule has 0 aliphatic carbocycles. The molecule has 1 aliphatic rings. The van der Waals surface area contributed by atoms with Crippen LogP contribution in [0.5, 0.6) is 17.2 Å². The first kappa shape index (κ1) is 17.9. The predicted molar refractivity (Wildman–Crippen MR) is 92.7 cm³/mol. The smallest absolute Gasteiger partial charge is 0.203 e. The number of likely N-dealkylation sites (tertiary alicyclic amines) is 1. The zero-order valence-corrected chi connectivity index (χ0v) is 15.1. The second-order valence-electron chi connectivity index (χ2n) is 6.32. The fourth-order valence-electron chi connectivity index (χ4n) is 3.38. The highest BCUT2D eigenvalue weighted by Crippen LogP contribution is 2.40. The maximum absolute atomic E-state index is 5.58. The molecule has 0 bridgehead atoms. The first-order valence-corrected chi connectivity index (χ1v) is 8.27. The lowest BCUT2D eigenvalue weighted by atomic mass is 10.0. The highest BCUT2D eigenvalue weighted by molar-refractivity contribution is 5.55. The minimum atomic E-state index is 0.639. The van der Waals surface area contributed by atoms with Crippen molar-refractivity contribution in [3.8, 4) is 17.2 Å². The van der Waals surface area contributed by atoms with Gasteiger partial charge in [0.25, 0.3) is 0 Å². The van der Waals surface area contributed by atoms with Crippen LogP contribution < -0.4 is 14.2 Å². The molecule has 1 saturated heterocycles. The van der Waals surface area contributed by atoms with E-state index in [2.05, 4.69) is 30.0 Å². The number of ether oxygens (including phenoxy) is 3. The molecule has 0 radical (unpaired) electrons. The number of methoxy groups -OCH3 is 3. The van der Waals surface area contributed by atoms with Crippen molar-refractivity contribution in [1.29, 1.82) is 0 Å². The molecule has 1 atom stereocenters. The average Bonchev–Trinajstić information content (AvgIpc) is 2.56. The van der Waals surface area contributed by atoms with E-state index in [0.29, 0.717) is 17.5 Å². The van der Waals surface area contributed by atoms with Gasteiger partial charge in [0.05, 0.1) is 21.3 Å². The largest absolute Gasteiger partial charge is 0.493 e. The molecule has 2 rings (SSSR count). The van der Waals surface area contributed by atoms with Crippen LogP contribution >= 0.6 is 0 Å². The number of hydrogen-bond donors (Lipinski definition) is 0. The van der Waals surface area contributed by atoms with E-state index < -0.39 is 0 Å². The Morgan fingerprint density at radius 2 is 1.83 bits per heavy atom. The molecule has 0 saturated carbocycles. The summed E-state index contributed by atoms with van der Waals surface area (Å²) in [7, 11) is 9.36. The summed E-state index contributed by atoms with van der Waals surface area (Å²) in [6.07, 6.45) is 3.94. The molecule has 1 aromatic rings. The molecule has 0 N–H and O–H groups in total. The van der Waals surface area contributed by atoms with Gasteiger partial charge in [-0.2, -0.15) is 0 Å². The standard InChI is InChI=1S/C18H30N2O3/c1-19(13-15-8-6-7-11-20(15)2)12-14-9-10-16(21-3)18(23-5)17(14)22-4/h9-10,15H,6-8,11-13H2,1-5H3. The number of benzene rings is 1. The summed E-state index contributed by atoms with van der Waals surface area (Å²) < 4.78 is 16.4. The van der Waals surface area contributed by atoms with Gasteiger partial charge in [-0.3, -0.25) is 0 Å². The van der Waals surface area contributed by atoms with E-state index >= 15 is 0 Å². The van der Waals surface area contributed by atoms with E-state index in [4.69, 9.17) is 14.2 Å². The van der Waals surface area contributed by atoms with Crippen LogP contribution in [0.2, 0.25) is 0 Å². The van der Waals surface area contributed by atoms with Crippen molar-refractivity contribution < 1.29 is 14.2 Å². The van der Waals surface area contributed by atoms with E-state index in [0.717, 1.165) is 24.4 Å². The van der Waals surface area contributed by atoms with Crippen molar-refractivity contribution in [3.63, 3.8) is 0 Å². The molecular weight excluding hydrogens is 292 g/mol. The van der Waals surface area contributed by atoms with Gasteiger partial charge in [-0.1, -0.05) is 12.5 Å². The Hall–Kier alpha value is -1.46.